The number of hydrogen-bond donors (Lipinski definition) is 0. The van der Waals surface area contributed by atoms with Crippen LogP contribution in [0.25, 0.3) is 0 Å². The Labute approximate surface area is 295 Å². The fourth-order valence-electron chi connectivity index (χ4n) is 6.88. The second-order valence-electron chi connectivity index (χ2n) is 14.5. The Kier molecular flexibility index (Phi) is 32.9. The summed E-state index contributed by atoms with van der Waals surface area (Å²) in [4.78, 5) is -0.185. The van der Waals surface area contributed by atoms with Crippen LogP contribution >= 0.6 is 0 Å². The van der Waals surface area contributed by atoms with Crippen LogP contribution in [0.15, 0.2) is 35.2 Å². The normalized spacial score (nSPS) is 11.9. The van der Waals surface area contributed by atoms with Gasteiger partial charge in [-0.15, -0.1) is 0 Å². The molecule has 0 amide bonds. The summed E-state index contributed by atoms with van der Waals surface area (Å²) >= 11 is 0. The van der Waals surface area contributed by atoms with Crippen molar-refractivity contribution in [3.8, 4) is 0 Å². The van der Waals surface area contributed by atoms with E-state index < -0.39 is 10.1 Å². The lowest BCUT2D eigenvalue weighted by Crippen LogP contribution is -2.50. The van der Waals surface area contributed by atoms with Gasteiger partial charge in [0, 0.05) is 0 Å². The molecule has 0 saturated heterocycles. The highest BCUT2D eigenvalue weighted by Gasteiger charge is 2.25. The van der Waals surface area contributed by atoms with Crippen molar-refractivity contribution in [3.63, 3.8) is 0 Å². The topological polar surface area (TPSA) is 57.2 Å². The predicted octanol–water partition coefficient (Wildman–Crippen LogP) is 13.4. The molecule has 0 radical (unpaired) electrons. The van der Waals surface area contributed by atoms with Crippen molar-refractivity contribution in [3.05, 3.63) is 30.3 Å². The Hall–Kier alpha value is -0.910. The van der Waals surface area contributed by atoms with Gasteiger partial charge in [0.2, 0.25) is 0 Å². The fourth-order valence-corrected chi connectivity index (χ4v) is 7.37. The van der Waals surface area contributed by atoms with E-state index in [1.54, 1.807) is 6.07 Å². The molecule has 4 nitrogen and oxygen atoms in total. The zero-order valence-electron chi connectivity index (χ0n) is 32.1. The second-order valence-corrected chi connectivity index (χ2v) is 15.9. The minimum atomic E-state index is -4.25. The van der Waals surface area contributed by atoms with Crippen molar-refractivity contribution < 1.29 is 17.5 Å². The molecule has 5 heteroatoms. The van der Waals surface area contributed by atoms with Crippen molar-refractivity contribution in [1.29, 1.82) is 0 Å². The SMILES string of the molecule is CCCCCCCCCCCC[N+](CCCCCCCC)(CCCCCCCC)CCCCCCCC.O=S(=O)([O-])c1ccccc1. The lowest BCUT2D eigenvalue weighted by Gasteiger charge is -2.40. The molecule has 0 bridgehead atoms. The molecule has 0 aliphatic carbocycles. The lowest BCUT2D eigenvalue weighted by atomic mass is 10.0. The van der Waals surface area contributed by atoms with Gasteiger partial charge in [0.1, 0.15) is 10.1 Å². The molecule has 1 aromatic carbocycles. The number of unbranched alkanes of at least 4 members (excludes halogenated alkanes) is 24. The predicted molar refractivity (Wildman–Crippen MR) is 206 cm³/mol. The molecule has 0 aliphatic heterocycles. The average molecular weight is 680 g/mol. The van der Waals surface area contributed by atoms with Crippen LogP contribution in [-0.2, 0) is 10.1 Å². The second kappa shape index (κ2) is 33.6. The van der Waals surface area contributed by atoms with E-state index in [9.17, 15) is 13.0 Å². The molecule has 0 heterocycles. The van der Waals surface area contributed by atoms with E-state index in [0.29, 0.717) is 0 Å². The van der Waals surface area contributed by atoms with Crippen molar-refractivity contribution >= 4 is 10.1 Å². The average Bonchev–Trinajstić information content (AvgIpc) is 3.07. The first kappa shape index (κ1) is 46.1. The molecule has 1 rings (SSSR count). The highest BCUT2D eigenvalue weighted by molar-refractivity contribution is 7.85. The van der Waals surface area contributed by atoms with Crippen LogP contribution in [0.5, 0.6) is 0 Å². The first-order valence-corrected chi connectivity index (χ1v) is 22.1. The van der Waals surface area contributed by atoms with E-state index in [1.165, 1.54) is 235 Å². The van der Waals surface area contributed by atoms with Gasteiger partial charge in [-0.3, -0.25) is 0 Å². The summed E-state index contributed by atoms with van der Waals surface area (Å²) < 4.78 is 32.3. The van der Waals surface area contributed by atoms with Crippen LogP contribution in [0.1, 0.15) is 207 Å². The maximum absolute atomic E-state index is 10.3. The quantitative estimate of drug-likeness (QED) is 0.0422. The van der Waals surface area contributed by atoms with Gasteiger partial charge in [-0.25, -0.2) is 8.42 Å². The summed E-state index contributed by atoms with van der Waals surface area (Å²) in [6.07, 6.45) is 40.7. The zero-order valence-corrected chi connectivity index (χ0v) is 32.9. The molecule has 0 saturated carbocycles. The highest BCUT2D eigenvalue weighted by atomic mass is 32.2. The zero-order chi connectivity index (χ0) is 34.7. The Morgan fingerprint density at radius 3 is 0.851 bits per heavy atom. The van der Waals surface area contributed by atoms with Crippen molar-refractivity contribution in [2.75, 3.05) is 26.2 Å². The highest BCUT2D eigenvalue weighted by Crippen LogP contribution is 2.21. The smallest absolute Gasteiger partial charge is 0.124 e. The summed E-state index contributed by atoms with van der Waals surface area (Å²) in [6.45, 7) is 15.3. The fraction of sp³-hybridized carbons (Fsp3) is 0.857. The summed E-state index contributed by atoms with van der Waals surface area (Å²) in [5, 5.41) is 0. The minimum absolute atomic E-state index is 0.185. The third kappa shape index (κ3) is 29.7. The van der Waals surface area contributed by atoms with Crippen LogP contribution in [0.2, 0.25) is 0 Å². The third-order valence-corrected chi connectivity index (χ3v) is 10.8. The largest absolute Gasteiger partial charge is 0.744 e. The number of nitrogens with zero attached hydrogens (tertiary/aromatic N) is 1. The molecule has 0 spiro atoms. The first-order chi connectivity index (χ1) is 22.8. The van der Waals surface area contributed by atoms with E-state index in [1.807, 2.05) is 0 Å². The number of rotatable bonds is 33. The van der Waals surface area contributed by atoms with E-state index in [0.717, 1.165) is 0 Å². The molecule has 278 valence electrons. The molecule has 1 aromatic rings. The Balaban J connectivity index is 0.00000178. The summed E-state index contributed by atoms with van der Waals surface area (Å²) in [5.41, 5.74) is 0. The van der Waals surface area contributed by atoms with Gasteiger partial charge in [0.25, 0.3) is 0 Å². The minimum Gasteiger partial charge on any atom is -0.744 e. The molecule has 0 fully saturated rings. The van der Waals surface area contributed by atoms with Gasteiger partial charge >= 0.3 is 0 Å². The maximum atomic E-state index is 10.3. The molecular weight excluding hydrogens is 599 g/mol. The van der Waals surface area contributed by atoms with Gasteiger partial charge in [-0.2, -0.15) is 0 Å². The Bertz CT molecular complexity index is 817. The molecular formula is C42H81NO3S. The molecule has 47 heavy (non-hydrogen) atoms. The van der Waals surface area contributed by atoms with Crippen molar-refractivity contribution in [2.24, 2.45) is 0 Å². The number of quaternary nitrogens is 1. The van der Waals surface area contributed by atoms with E-state index >= 15 is 0 Å². The van der Waals surface area contributed by atoms with Gasteiger partial charge in [-0.1, -0.05) is 174 Å². The third-order valence-electron chi connectivity index (χ3n) is 9.98. The molecule has 0 aliphatic rings. The number of benzene rings is 1. The maximum Gasteiger partial charge on any atom is 0.124 e. The van der Waals surface area contributed by atoms with E-state index in [-0.39, 0.29) is 4.90 Å². The standard InChI is InChI=1S/C36H76N.C6H6O3S/c1-5-9-13-17-21-22-23-24-28-32-36-37(33-29-25-18-14-10-6-2,34-30-26-19-15-11-7-3)35-31-27-20-16-12-8-4;7-10(8,9)6-4-2-1-3-5-6/h5-36H2,1-4H3;1-5H,(H,7,8,9)/q+1;/p-1. The van der Waals surface area contributed by atoms with Crippen molar-refractivity contribution in [2.45, 2.75) is 212 Å². The van der Waals surface area contributed by atoms with Crippen LogP contribution in [0.3, 0.4) is 0 Å². The van der Waals surface area contributed by atoms with E-state index in [2.05, 4.69) is 27.7 Å². The Morgan fingerprint density at radius 1 is 0.404 bits per heavy atom. The van der Waals surface area contributed by atoms with Crippen LogP contribution in [-0.4, -0.2) is 43.6 Å². The summed E-state index contributed by atoms with van der Waals surface area (Å²) in [5.74, 6) is 0. The molecule has 0 aromatic heterocycles. The van der Waals surface area contributed by atoms with Crippen LogP contribution in [0.4, 0.5) is 0 Å². The van der Waals surface area contributed by atoms with Gasteiger partial charge in [0.15, 0.2) is 0 Å². The van der Waals surface area contributed by atoms with Crippen LogP contribution in [0, 0.1) is 0 Å². The van der Waals surface area contributed by atoms with E-state index in [4.69, 9.17) is 0 Å². The van der Waals surface area contributed by atoms with Crippen LogP contribution < -0.4 is 0 Å². The number of hydrogen-bond acceptors (Lipinski definition) is 3. The summed E-state index contributed by atoms with van der Waals surface area (Å²) in [7, 11) is -4.25. The van der Waals surface area contributed by atoms with Crippen molar-refractivity contribution in [1.82, 2.24) is 0 Å². The lowest BCUT2D eigenvalue weighted by molar-refractivity contribution is -0.929. The summed E-state index contributed by atoms with van der Waals surface area (Å²) in [6, 6.07) is 7.19. The molecule has 0 unspecified atom stereocenters. The molecule has 0 N–H and O–H groups in total. The van der Waals surface area contributed by atoms with Gasteiger partial charge in [0.05, 0.1) is 31.1 Å². The van der Waals surface area contributed by atoms with Gasteiger partial charge in [-0.05, 0) is 63.5 Å². The molecule has 0 atom stereocenters. The Morgan fingerprint density at radius 2 is 0.638 bits per heavy atom. The monoisotopic (exact) mass is 680 g/mol. The first-order valence-electron chi connectivity index (χ1n) is 20.7. The van der Waals surface area contributed by atoms with Gasteiger partial charge < -0.3 is 9.04 Å².